The zero-order valence-electron chi connectivity index (χ0n) is 11.0. The SMILES string of the molecule is CC[C@H](N)C(=O)N1CCN2CCCCC2C1.Cl.Cl. The third-order valence-corrected chi connectivity index (χ3v) is 3.91. The largest absolute Gasteiger partial charge is 0.338 e. The van der Waals surface area contributed by atoms with Gasteiger partial charge in [0, 0.05) is 25.7 Å². The summed E-state index contributed by atoms with van der Waals surface area (Å²) < 4.78 is 0. The molecule has 1 unspecified atom stereocenters. The van der Waals surface area contributed by atoms with E-state index in [1.807, 2.05) is 11.8 Å². The van der Waals surface area contributed by atoms with Crippen molar-refractivity contribution in [2.75, 3.05) is 26.2 Å². The lowest BCUT2D eigenvalue weighted by molar-refractivity contribution is -0.136. The van der Waals surface area contributed by atoms with Crippen LogP contribution in [0, 0.1) is 0 Å². The van der Waals surface area contributed by atoms with E-state index in [0.29, 0.717) is 6.04 Å². The minimum atomic E-state index is -0.296. The summed E-state index contributed by atoms with van der Waals surface area (Å²) in [6.07, 6.45) is 4.61. The van der Waals surface area contributed by atoms with Gasteiger partial charge in [-0.15, -0.1) is 24.8 Å². The van der Waals surface area contributed by atoms with Crippen molar-refractivity contribution in [1.82, 2.24) is 9.80 Å². The molecule has 2 aliphatic rings. The molecule has 0 aromatic rings. The first-order chi connectivity index (χ1) is 7.72. The minimum absolute atomic E-state index is 0. The number of nitrogens with two attached hydrogens (primary N) is 1. The minimum Gasteiger partial charge on any atom is -0.338 e. The number of amides is 1. The molecule has 2 atom stereocenters. The second-order valence-electron chi connectivity index (χ2n) is 4.98. The first kappa shape index (κ1) is 18.0. The molecule has 4 nitrogen and oxygen atoms in total. The summed E-state index contributed by atoms with van der Waals surface area (Å²) in [6, 6.07) is 0.297. The van der Waals surface area contributed by atoms with Crippen molar-refractivity contribution in [3.63, 3.8) is 0 Å². The fourth-order valence-electron chi connectivity index (χ4n) is 2.77. The quantitative estimate of drug-likeness (QED) is 0.835. The summed E-state index contributed by atoms with van der Waals surface area (Å²) >= 11 is 0. The molecule has 0 aromatic heterocycles. The van der Waals surface area contributed by atoms with E-state index in [1.165, 1.54) is 25.8 Å². The van der Waals surface area contributed by atoms with Crippen molar-refractivity contribution in [3.8, 4) is 0 Å². The van der Waals surface area contributed by atoms with E-state index in [0.717, 1.165) is 26.1 Å². The molecule has 0 spiro atoms. The van der Waals surface area contributed by atoms with Gasteiger partial charge in [-0.05, 0) is 25.8 Å². The van der Waals surface area contributed by atoms with E-state index in [-0.39, 0.29) is 36.8 Å². The van der Waals surface area contributed by atoms with Crippen molar-refractivity contribution in [2.24, 2.45) is 5.73 Å². The van der Waals surface area contributed by atoms with Gasteiger partial charge in [-0.2, -0.15) is 0 Å². The van der Waals surface area contributed by atoms with Crippen LogP contribution in [-0.4, -0.2) is 54.0 Å². The molecule has 2 aliphatic heterocycles. The van der Waals surface area contributed by atoms with Gasteiger partial charge >= 0.3 is 0 Å². The van der Waals surface area contributed by atoms with E-state index in [2.05, 4.69) is 4.90 Å². The Hall–Kier alpha value is -0.0300. The maximum atomic E-state index is 12.0. The van der Waals surface area contributed by atoms with Gasteiger partial charge in [-0.3, -0.25) is 9.69 Å². The fourth-order valence-corrected chi connectivity index (χ4v) is 2.77. The highest BCUT2D eigenvalue weighted by atomic mass is 35.5. The van der Waals surface area contributed by atoms with Crippen molar-refractivity contribution >= 4 is 30.7 Å². The molecule has 0 bridgehead atoms. The molecule has 2 heterocycles. The number of hydrogen-bond acceptors (Lipinski definition) is 3. The summed E-state index contributed by atoms with van der Waals surface area (Å²) in [5, 5.41) is 0. The lowest BCUT2D eigenvalue weighted by Crippen LogP contribution is -2.58. The summed E-state index contributed by atoms with van der Waals surface area (Å²) in [6.45, 7) is 5.98. The van der Waals surface area contributed by atoms with Crippen LogP contribution in [0.3, 0.4) is 0 Å². The standard InChI is InChI=1S/C12H23N3O.2ClH/c1-2-11(13)12(16)15-8-7-14-6-4-3-5-10(14)9-15;;/h10-11H,2-9,13H2,1H3;2*1H/t10?,11-;;/m0../s1. The predicted octanol–water partition coefficient (Wildman–Crippen LogP) is 1.26. The zero-order chi connectivity index (χ0) is 11.5. The fraction of sp³-hybridized carbons (Fsp3) is 0.917. The number of halogens is 2. The molecule has 2 fully saturated rings. The van der Waals surface area contributed by atoms with Crippen LogP contribution in [0.1, 0.15) is 32.6 Å². The Bertz CT molecular complexity index is 266. The Balaban J connectivity index is 0.00000144. The average Bonchev–Trinajstić information content (AvgIpc) is 2.36. The highest BCUT2D eigenvalue weighted by Gasteiger charge is 2.32. The Morgan fingerprint density at radius 1 is 1.28 bits per heavy atom. The van der Waals surface area contributed by atoms with Crippen LogP contribution < -0.4 is 5.73 Å². The number of carbonyl (C=O) groups excluding carboxylic acids is 1. The molecule has 18 heavy (non-hydrogen) atoms. The topological polar surface area (TPSA) is 49.6 Å². The highest BCUT2D eigenvalue weighted by Crippen LogP contribution is 2.21. The second-order valence-corrected chi connectivity index (χ2v) is 4.98. The molecular weight excluding hydrogens is 273 g/mol. The Morgan fingerprint density at radius 2 is 2.00 bits per heavy atom. The molecule has 2 N–H and O–H groups in total. The van der Waals surface area contributed by atoms with Crippen molar-refractivity contribution in [1.29, 1.82) is 0 Å². The smallest absolute Gasteiger partial charge is 0.239 e. The molecule has 2 rings (SSSR count). The predicted molar refractivity (Wildman–Crippen MR) is 78.6 cm³/mol. The normalized spacial score (nSPS) is 25.4. The van der Waals surface area contributed by atoms with E-state index in [1.54, 1.807) is 0 Å². The summed E-state index contributed by atoms with van der Waals surface area (Å²) in [7, 11) is 0. The Morgan fingerprint density at radius 3 is 2.67 bits per heavy atom. The van der Waals surface area contributed by atoms with Crippen LogP contribution in [0.4, 0.5) is 0 Å². The lowest BCUT2D eigenvalue weighted by atomic mass is 9.99. The number of hydrogen-bond donors (Lipinski definition) is 1. The van der Waals surface area contributed by atoms with Gasteiger partial charge in [-0.25, -0.2) is 0 Å². The van der Waals surface area contributed by atoms with E-state index in [4.69, 9.17) is 5.73 Å². The third kappa shape index (κ3) is 3.98. The van der Waals surface area contributed by atoms with Crippen LogP contribution in [-0.2, 0) is 4.79 Å². The number of piperazine rings is 1. The average molecular weight is 298 g/mol. The number of carbonyl (C=O) groups is 1. The molecule has 0 radical (unpaired) electrons. The summed E-state index contributed by atoms with van der Waals surface area (Å²) in [5.74, 6) is 0.146. The van der Waals surface area contributed by atoms with Crippen LogP contribution in [0.2, 0.25) is 0 Å². The number of rotatable bonds is 2. The molecule has 1 amide bonds. The Kier molecular flexibility index (Phi) is 8.19. The van der Waals surface area contributed by atoms with Crippen LogP contribution in [0.5, 0.6) is 0 Å². The molecule has 6 heteroatoms. The third-order valence-electron chi connectivity index (χ3n) is 3.91. The molecule has 0 aromatic carbocycles. The van der Waals surface area contributed by atoms with E-state index in [9.17, 15) is 4.79 Å². The van der Waals surface area contributed by atoms with Crippen molar-refractivity contribution in [2.45, 2.75) is 44.7 Å². The summed E-state index contributed by atoms with van der Waals surface area (Å²) in [5.41, 5.74) is 5.81. The Labute approximate surface area is 122 Å². The maximum Gasteiger partial charge on any atom is 0.239 e. The van der Waals surface area contributed by atoms with E-state index < -0.39 is 0 Å². The van der Waals surface area contributed by atoms with Crippen LogP contribution in [0.15, 0.2) is 0 Å². The van der Waals surface area contributed by atoms with Gasteiger partial charge in [0.05, 0.1) is 6.04 Å². The lowest BCUT2D eigenvalue weighted by Gasteiger charge is -2.44. The molecule has 0 saturated carbocycles. The van der Waals surface area contributed by atoms with E-state index >= 15 is 0 Å². The van der Waals surface area contributed by atoms with Gasteiger partial charge in [-0.1, -0.05) is 13.3 Å². The molecular formula is C12H25Cl2N3O. The van der Waals surface area contributed by atoms with Gasteiger partial charge in [0.1, 0.15) is 0 Å². The molecule has 2 saturated heterocycles. The van der Waals surface area contributed by atoms with Gasteiger partial charge < -0.3 is 10.6 Å². The van der Waals surface area contributed by atoms with Crippen molar-refractivity contribution in [3.05, 3.63) is 0 Å². The zero-order valence-corrected chi connectivity index (χ0v) is 12.6. The van der Waals surface area contributed by atoms with Crippen LogP contribution >= 0.6 is 24.8 Å². The highest BCUT2D eigenvalue weighted by molar-refractivity contribution is 5.85. The maximum absolute atomic E-state index is 12.0. The number of nitrogens with zero attached hydrogens (tertiary/aromatic N) is 2. The van der Waals surface area contributed by atoms with Gasteiger partial charge in [0.15, 0.2) is 0 Å². The van der Waals surface area contributed by atoms with Crippen molar-refractivity contribution < 1.29 is 4.79 Å². The molecule has 108 valence electrons. The monoisotopic (exact) mass is 297 g/mol. The first-order valence-electron chi connectivity index (χ1n) is 6.50. The second kappa shape index (κ2) is 8.20. The van der Waals surface area contributed by atoms with Crippen LogP contribution in [0.25, 0.3) is 0 Å². The molecule has 0 aliphatic carbocycles. The number of fused-ring (bicyclic) bond motifs is 1. The first-order valence-corrected chi connectivity index (χ1v) is 6.50. The van der Waals surface area contributed by atoms with Gasteiger partial charge in [0.25, 0.3) is 0 Å². The van der Waals surface area contributed by atoms with Gasteiger partial charge in [0.2, 0.25) is 5.91 Å². The summed E-state index contributed by atoms with van der Waals surface area (Å²) in [4.78, 5) is 16.5. The number of piperidine rings is 1.